The number of amides is 3. The smallest absolute Gasteiger partial charge is 0.321 e. The molecule has 1 aromatic heterocycles. The Morgan fingerprint density at radius 3 is 2.46 bits per heavy atom. The number of benzene rings is 1. The molecule has 0 aliphatic carbocycles. The summed E-state index contributed by atoms with van der Waals surface area (Å²) in [6, 6.07) is 8.95. The van der Waals surface area contributed by atoms with E-state index in [0.29, 0.717) is 31.9 Å². The molecule has 0 atom stereocenters. The first-order valence-corrected chi connectivity index (χ1v) is 8.49. The van der Waals surface area contributed by atoms with Crippen molar-refractivity contribution in [1.82, 2.24) is 9.80 Å². The molecular formula is C17H18BrN3O3. The molecule has 1 fully saturated rings. The minimum absolute atomic E-state index is 0.138. The average Bonchev–Trinajstić information content (AvgIpc) is 3.11. The zero-order chi connectivity index (χ0) is 17.1. The number of urea groups is 1. The van der Waals surface area contributed by atoms with Gasteiger partial charge in [0.25, 0.3) is 5.91 Å². The molecule has 2 aromatic rings. The van der Waals surface area contributed by atoms with Gasteiger partial charge in [-0.25, -0.2) is 4.79 Å². The van der Waals surface area contributed by atoms with Gasteiger partial charge in [-0.15, -0.1) is 0 Å². The first kappa shape index (κ1) is 16.6. The molecule has 0 bridgehead atoms. The van der Waals surface area contributed by atoms with E-state index in [1.165, 1.54) is 6.26 Å². The van der Waals surface area contributed by atoms with Crippen LogP contribution in [0.5, 0.6) is 0 Å². The summed E-state index contributed by atoms with van der Waals surface area (Å²) in [6.07, 6.45) is 1.48. The first-order valence-electron chi connectivity index (χ1n) is 7.69. The molecule has 1 aliphatic rings. The molecule has 0 saturated carbocycles. The number of rotatable bonds is 2. The molecule has 3 rings (SSSR count). The molecule has 1 aromatic carbocycles. The van der Waals surface area contributed by atoms with Gasteiger partial charge >= 0.3 is 6.03 Å². The van der Waals surface area contributed by atoms with Gasteiger partial charge in [0.15, 0.2) is 5.76 Å². The van der Waals surface area contributed by atoms with Gasteiger partial charge in [0.2, 0.25) is 0 Å². The van der Waals surface area contributed by atoms with Gasteiger partial charge in [-0.05, 0) is 52.7 Å². The molecule has 0 radical (unpaired) electrons. The third-order valence-corrected chi connectivity index (χ3v) is 4.61. The second kappa shape index (κ2) is 7.09. The second-order valence-electron chi connectivity index (χ2n) is 5.67. The van der Waals surface area contributed by atoms with Crippen LogP contribution in [0, 0.1) is 6.92 Å². The fraction of sp³-hybridized carbons (Fsp3) is 0.294. The van der Waals surface area contributed by atoms with Crippen LogP contribution in [0.25, 0.3) is 0 Å². The maximum absolute atomic E-state index is 12.4. The van der Waals surface area contributed by atoms with E-state index < -0.39 is 0 Å². The zero-order valence-corrected chi connectivity index (χ0v) is 14.9. The second-order valence-corrected chi connectivity index (χ2v) is 6.52. The van der Waals surface area contributed by atoms with Crippen molar-refractivity contribution in [1.29, 1.82) is 0 Å². The number of piperazine rings is 1. The van der Waals surface area contributed by atoms with E-state index in [1.54, 1.807) is 21.9 Å². The molecule has 0 spiro atoms. The molecule has 24 heavy (non-hydrogen) atoms. The largest absolute Gasteiger partial charge is 0.459 e. The van der Waals surface area contributed by atoms with Crippen LogP contribution in [0.1, 0.15) is 16.1 Å². The van der Waals surface area contributed by atoms with Crippen molar-refractivity contribution in [3.05, 3.63) is 52.4 Å². The number of hydrogen-bond acceptors (Lipinski definition) is 3. The van der Waals surface area contributed by atoms with E-state index in [1.807, 2.05) is 25.1 Å². The highest BCUT2D eigenvalue weighted by Crippen LogP contribution is 2.23. The van der Waals surface area contributed by atoms with Crippen molar-refractivity contribution in [3.63, 3.8) is 0 Å². The first-order chi connectivity index (χ1) is 11.5. The number of aryl methyl sites for hydroxylation is 1. The van der Waals surface area contributed by atoms with Gasteiger partial charge < -0.3 is 19.5 Å². The summed E-state index contributed by atoms with van der Waals surface area (Å²) >= 11 is 3.45. The number of halogens is 1. The molecular weight excluding hydrogens is 374 g/mol. The van der Waals surface area contributed by atoms with Gasteiger partial charge in [0.1, 0.15) is 0 Å². The average molecular weight is 392 g/mol. The number of furan rings is 1. The Labute approximate surface area is 148 Å². The molecule has 6 nitrogen and oxygen atoms in total. The Hall–Kier alpha value is -2.28. The molecule has 3 amide bonds. The van der Waals surface area contributed by atoms with E-state index in [4.69, 9.17) is 4.42 Å². The Morgan fingerprint density at radius 2 is 1.83 bits per heavy atom. The lowest BCUT2D eigenvalue weighted by Crippen LogP contribution is -2.51. The van der Waals surface area contributed by atoms with E-state index in [9.17, 15) is 9.59 Å². The fourth-order valence-electron chi connectivity index (χ4n) is 2.58. The lowest BCUT2D eigenvalue weighted by atomic mass is 10.2. The SMILES string of the molecule is Cc1ccc(NC(=O)N2CCN(C(=O)c3ccco3)CC2)c(Br)c1. The third-order valence-electron chi connectivity index (χ3n) is 3.95. The Balaban J connectivity index is 1.56. The van der Waals surface area contributed by atoms with E-state index in [0.717, 1.165) is 15.7 Å². The molecule has 2 heterocycles. The summed E-state index contributed by atoms with van der Waals surface area (Å²) in [7, 11) is 0. The van der Waals surface area contributed by atoms with Crippen molar-refractivity contribution in [2.75, 3.05) is 31.5 Å². The van der Waals surface area contributed by atoms with Crippen molar-refractivity contribution < 1.29 is 14.0 Å². The van der Waals surface area contributed by atoms with Gasteiger partial charge in [0, 0.05) is 30.7 Å². The Kier molecular flexibility index (Phi) is 4.89. The topological polar surface area (TPSA) is 65.8 Å². The summed E-state index contributed by atoms with van der Waals surface area (Å²) in [6.45, 7) is 3.94. The molecule has 1 saturated heterocycles. The van der Waals surface area contributed by atoms with E-state index >= 15 is 0 Å². The molecule has 0 unspecified atom stereocenters. The summed E-state index contributed by atoms with van der Waals surface area (Å²) < 4.78 is 5.98. The number of anilines is 1. The number of carbonyl (C=O) groups is 2. The van der Waals surface area contributed by atoms with Crippen LogP contribution in [0.2, 0.25) is 0 Å². The van der Waals surface area contributed by atoms with Crippen LogP contribution in [-0.4, -0.2) is 47.9 Å². The van der Waals surface area contributed by atoms with Crippen LogP contribution in [0.4, 0.5) is 10.5 Å². The third kappa shape index (κ3) is 3.62. The molecule has 1 N–H and O–H groups in total. The summed E-state index contributed by atoms with van der Waals surface area (Å²) in [4.78, 5) is 28.0. The fourth-order valence-corrected chi connectivity index (χ4v) is 3.18. The van der Waals surface area contributed by atoms with E-state index in [2.05, 4.69) is 21.2 Å². The minimum atomic E-state index is -0.162. The van der Waals surface area contributed by atoms with Crippen LogP contribution in [0.15, 0.2) is 45.5 Å². The van der Waals surface area contributed by atoms with Gasteiger partial charge in [-0.1, -0.05) is 6.07 Å². The molecule has 7 heteroatoms. The monoisotopic (exact) mass is 391 g/mol. The summed E-state index contributed by atoms with van der Waals surface area (Å²) in [5.41, 5.74) is 1.85. The summed E-state index contributed by atoms with van der Waals surface area (Å²) in [5, 5.41) is 2.90. The number of hydrogen-bond donors (Lipinski definition) is 1. The zero-order valence-electron chi connectivity index (χ0n) is 13.3. The van der Waals surface area contributed by atoms with Crippen molar-refractivity contribution in [3.8, 4) is 0 Å². The normalized spacial score (nSPS) is 14.6. The van der Waals surface area contributed by atoms with Crippen molar-refractivity contribution in [2.45, 2.75) is 6.92 Å². The van der Waals surface area contributed by atoms with Crippen molar-refractivity contribution >= 4 is 33.6 Å². The highest BCUT2D eigenvalue weighted by atomic mass is 79.9. The van der Waals surface area contributed by atoms with Gasteiger partial charge in [-0.2, -0.15) is 0 Å². The summed E-state index contributed by atoms with van der Waals surface area (Å²) in [5.74, 6) is 0.192. The predicted octanol–water partition coefficient (Wildman–Crippen LogP) is 3.34. The van der Waals surface area contributed by atoms with Gasteiger partial charge in [-0.3, -0.25) is 4.79 Å². The van der Waals surface area contributed by atoms with Crippen molar-refractivity contribution in [2.24, 2.45) is 0 Å². The lowest BCUT2D eigenvalue weighted by Gasteiger charge is -2.34. The van der Waals surface area contributed by atoms with Crippen LogP contribution in [0.3, 0.4) is 0 Å². The number of nitrogens with one attached hydrogen (secondary N) is 1. The Morgan fingerprint density at radius 1 is 1.12 bits per heavy atom. The highest BCUT2D eigenvalue weighted by molar-refractivity contribution is 9.10. The Bertz CT molecular complexity index is 738. The van der Waals surface area contributed by atoms with E-state index in [-0.39, 0.29) is 11.9 Å². The van der Waals surface area contributed by atoms with Crippen LogP contribution >= 0.6 is 15.9 Å². The quantitative estimate of drug-likeness (QED) is 0.853. The number of nitrogens with zero attached hydrogens (tertiary/aromatic N) is 2. The predicted molar refractivity (Wildman–Crippen MR) is 94.1 cm³/mol. The maximum atomic E-state index is 12.4. The molecule has 126 valence electrons. The van der Waals surface area contributed by atoms with Crippen LogP contribution < -0.4 is 5.32 Å². The maximum Gasteiger partial charge on any atom is 0.321 e. The lowest BCUT2D eigenvalue weighted by molar-refractivity contribution is 0.0640. The standard InChI is InChI=1S/C17H18BrN3O3/c1-12-4-5-14(13(18)11-12)19-17(23)21-8-6-20(7-9-21)16(22)15-3-2-10-24-15/h2-5,10-11H,6-9H2,1H3,(H,19,23). The highest BCUT2D eigenvalue weighted by Gasteiger charge is 2.26. The molecule has 1 aliphatic heterocycles. The number of carbonyl (C=O) groups excluding carboxylic acids is 2. The van der Waals surface area contributed by atoms with Gasteiger partial charge in [0.05, 0.1) is 12.0 Å². The van der Waals surface area contributed by atoms with Crippen LogP contribution in [-0.2, 0) is 0 Å². The minimum Gasteiger partial charge on any atom is -0.459 e.